The molecule has 1 aliphatic carbocycles. The number of likely N-dealkylation sites (tertiary alicyclic amines) is 1. The molecule has 1 aromatic heterocycles. The second-order valence-corrected chi connectivity index (χ2v) is 9.70. The summed E-state index contributed by atoms with van der Waals surface area (Å²) in [4.78, 5) is 2.27. The van der Waals surface area contributed by atoms with Crippen LogP contribution in [0.15, 0.2) is 30.3 Å². The zero-order valence-electron chi connectivity index (χ0n) is 17.7. The fourth-order valence-corrected chi connectivity index (χ4v) is 5.66. The summed E-state index contributed by atoms with van der Waals surface area (Å²) in [5.74, 6) is 2.15. The quantitative estimate of drug-likeness (QED) is 0.557. The molecular formula is C23H23Cl3N4O2. The van der Waals surface area contributed by atoms with Gasteiger partial charge in [0.2, 0.25) is 0 Å². The van der Waals surface area contributed by atoms with Crippen LogP contribution < -0.4 is 4.74 Å². The number of β-amino-alcohol motifs (C(OH)–C–C–N with tert-alkyl or cyclic N) is 1. The molecule has 2 aliphatic rings. The molecule has 2 heterocycles. The number of halogens is 3. The van der Waals surface area contributed by atoms with Gasteiger partial charge in [0.25, 0.3) is 0 Å². The van der Waals surface area contributed by atoms with E-state index in [2.05, 4.69) is 15.1 Å². The number of benzene rings is 2. The first-order valence-corrected chi connectivity index (χ1v) is 11.7. The van der Waals surface area contributed by atoms with E-state index >= 15 is 0 Å². The number of hydrogen-bond donors (Lipinski definition) is 1. The summed E-state index contributed by atoms with van der Waals surface area (Å²) >= 11 is 19.5. The van der Waals surface area contributed by atoms with E-state index in [0.717, 1.165) is 47.8 Å². The average Bonchev–Trinajstić information content (AvgIpc) is 3.41. The molecule has 9 heteroatoms. The molecule has 0 bridgehead atoms. The van der Waals surface area contributed by atoms with Gasteiger partial charge in [0.1, 0.15) is 23.5 Å². The van der Waals surface area contributed by atoms with Crippen LogP contribution in [0.2, 0.25) is 15.1 Å². The first-order valence-electron chi connectivity index (χ1n) is 10.6. The monoisotopic (exact) mass is 492 g/mol. The number of aliphatic hydroxyl groups is 1. The van der Waals surface area contributed by atoms with Crippen molar-refractivity contribution < 1.29 is 9.84 Å². The van der Waals surface area contributed by atoms with E-state index in [1.165, 1.54) is 0 Å². The van der Waals surface area contributed by atoms with Crippen molar-refractivity contribution in [1.29, 1.82) is 0 Å². The van der Waals surface area contributed by atoms with Crippen LogP contribution in [-0.2, 0) is 6.42 Å². The molecule has 32 heavy (non-hydrogen) atoms. The van der Waals surface area contributed by atoms with Gasteiger partial charge in [-0.05, 0) is 62.6 Å². The number of hydrogen-bond acceptors (Lipinski definition) is 5. The van der Waals surface area contributed by atoms with Crippen LogP contribution in [-0.4, -0.2) is 50.0 Å². The van der Waals surface area contributed by atoms with E-state index in [4.69, 9.17) is 39.5 Å². The number of fused-ring (bicyclic) bond motifs is 1. The third-order valence-electron chi connectivity index (χ3n) is 6.34. The van der Waals surface area contributed by atoms with E-state index in [-0.39, 0.29) is 18.2 Å². The lowest BCUT2D eigenvalue weighted by atomic mass is 10.1. The molecule has 0 amide bonds. The smallest absolute Gasteiger partial charge is 0.140 e. The highest BCUT2D eigenvalue weighted by Gasteiger charge is 2.41. The van der Waals surface area contributed by atoms with Crippen LogP contribution in [0.3, 0.4) is 0 Å². The highest BCUT2D eigenvalue weighted by molar-refractivity contribution is 6.35. The molecule has 0 radical (unpaired) electrons. The summed E-state index contributed by atoms with van der Waals surface area (Å²) in [6.07, 6.45) is 0.864. The Bertz CT molecular complexity index is 1160. The van der Waals surface area contributed by atoms with Crippen LogP contribution in [0.1, 0.15) is 35.3 Å². The van der Waals surface area contributed by atoms with Crippen molar-refractivity contribution in [3.05, 3.63) is 68.2 Å². The van der Waals surface area contributed by atoms with E-state index in [1.54, 1.807) is 6.07 Å². The van der Waals surface area contributed by atoms with Crippen LogP contribution in [0.5, 0.6) is 5.75 Å². The largest absolute Gasteiger partial charge is 0.482 e. The van der Waals surface area contributed by atoms with Crippen molar-refractivity contribution in [3.63, 3.8) is 0 Å². The van der Waals surface area contributed by atoms with E-state index in [9.17, 15) is 5.11 Å². The van der Waals surface area contributed by atoms with Gasteiger partial charge in [0.15, 0.2) is 0 Å². The Morgan fingerprint density at radius 3 is 2.44 bits per heavy atom. The van der Waals surface area contributed by atoms with Crippen molar-refractivity contribution >= 4 is 34.8 Å². The lowest BCUT2D eigenvalue weighted by Gasteiger charge is -2.30. The minimum absolute atomic E-state index is 0.0381. The summed E-state index contributed by atoms with van der Waals surface area (Å²) in [5.41, 5.74) is 2.88. The first kappa shape index (κ1) is 22.0. The topological polar surface area (TPSA) is 63.4 Å². The number of aliphatic hydroxyl groups excluding tert-OH is 1. The molecule has 6 nitrogen and oxygen atoms in total. The number of nitrogens with zero attached hydrogens (tertiary/aromatic N) is 4. The average molecular weight is 494 g/mol. The summed E-state index contributed by atoms with van der Waals surface area (Å²) in [6, 6.07) is 9.40. The van der Waals surface area contributed by atoms with Crippen LogP contribution in [0, 0.1) is 13.8 Å². The highest BCUT2D eigenvalue weighted by Crippen LogP contribution is 2.44. The van der Waals surface area contributed by atoms with Gasteiger partial charge in [0, 0.05) is 28.7 Å². The highest BCUT2D eigenvalue weighted by atomic mass is 35.5. The number of rotatable bonds is 4. The number of aryl methyl sites for hydroxylation is 2. The van der Waals surface area contributed by atoms with Gasteiger partial charge in [0.05, 0.1) is 22.9 Å². The third kappa shape index (κ3) is 3.88. The Balaban J connectivity index is 1.50. The van der Waals surface area contributed by atoms with Crippen molar-refractivity contribution in [2.75, 3.05) is 13.1 Å². The fraction of sp³-hybridized carbons (Fsp3) is 0.391. The maximum absolute atomic E-state index is 10.1. The lowest BCUT2D eigenvalue weighted by molar-refractivity contribution is 0.0819. The molecule has 1 unspecified atom stereocenters. The molecule has 1 fully saturated rings. The normalized spacial score (nSPS) is 23.0. The summed E-state index contributed by atoms with van der Waals surface area (Å²) in [7, 11) is 0. The molecule has 5 rings (SSSR count). The van der Waals surface area contributed by atoms with Crippen molar-refractivity contribution in [3.8, 4) is 11.4 Å². The van der Waals surface area contributed by atoms with E-state index in [1.807, 2.05) is 42.7 Å². The molecule has 3 aromatic rings. The van der Waals surface area contributed by atoms with Gasteiger partial charge < -0.3 is 9.84 Å². The van der Waals surface area contributed by atoms with Crippen LogP contribution in [0.25, 0.3) is 5.69 Å². The molecule has 1 N–H and O–H groups in total. The molecule has 1 saturated heterocycles. The standard InChI is InChI=1S/C23H23Cl3N4O2/c1-12-27-28-13(2)30(12)15-3-4-22(20(26)9-15)32-23-18-7-14(24)8-19(25)17(18)10-21(23)29-6-5-16(31)11-29/h3-4,7-9,16,21,23,31H,5-6,10-11H2,1-2H3/t16?,21-,23-/m0/s1. The van der Waals surface area contributed by atoms with Gasteiger partial charge in [-0.3, -0.25) is 9.47 Å². The Labute approximate surface area is 201 Å². The van der Waals surface area contributed by atoms with Gasteiger partial charge in [-0.2, -0.15) is 0 Å². The van der Waals surface area contributed by atoms with Crippen molar-refractivity contribution in [1.82, 2.24) is 19.7 Å². The molecule has 168 valence electrons. The maximum Gasteiger partial charge on any atom is 0.140 e. The molecule has 0 spiro atoms. The molecule has 0 saturated carbocycles. The number of aromatic nitrogens is 3. The van der Waals surface area contributed by atoms with Gasteiger partial charge in [-0.25, -0.2) is 0 Å². The van der Waals surface area contributed by atoms with E-state index < -0.39 is 0 Å². The second kappa shape index (κ2) is 8.50. The Morgan fingerprint density at radius 2 is 1.78 bits per heavy atom. The van der Waals surface area contributed by atoms with Crippen LogP contribution in [0.4, 0.5) is 0 Å². The molecule has 1 aliphatic heterocycles. The molecular weight excluding hydrogens is 471 g/mol. The second-order valence-electron chi connectivity index (χ2n) is 8.45. The van der Waals surface area contributed by atoms with Crippen LogP contribution >= 0.6 is 34.8 Å². The maximum atomic E-state index is 10.1. The number of ether oxygens (including phenoxy) is 1. The third-order valence-corrected chi connectivity index (χ3v) is 7.19. The molecule has 3 atom stereocenters. The van der Waals surface area contributed by atoms with Crippen molar-refractivity contribution in [2.24, 2.45) is 0 Å². The zero-order chi connectivity index (χ0) is 22.6. The first-order chi connectivity index (χ1) is 15.3. The van der Waals surface area contributed by atoms with Crippen molar-refractivity contribution in [2.45, 2.75) is 44.9 Å². The summed E-state index contributed by atoms with van der Waals surface area (Å²) in [5, 5.41) is 20.0. The lowest BCUT2D eigenvalue weighted by Crippen LogP contribution is -2.39. The fourth-order valence-electron chi connectivity index (χ4n) is 4.85. The Hall–Kier alpha value is -1.83. The van der Waals surface area contributed by atoms with Gasteiger partial charge in [-0.1, -0.05) is 34.8 Å². The summed E-state index contributed by atoms with van der Waals surface area (Å²) in [6.45, 7) is 5.22. The molecule has 2 aromatic carbocycles. The van der Waals surface area contributed by atoms with Gasteiger partial charge >= 0.3 is 0 Å². The van der Waals surface area contributed by atoms with E-state index in [0.29, 0.717) is 27.4 Å². The zero-order valence-corrected chi connectivity index (χ0v) is 20.0. The Morgan fingerprint density at radius 1 is 1.03 bits per heavy atom. The minimum atomic E-state index is -0.323. The SMILES string of the molecule is Cc1nnc(C)n1-c1ccc(O[C@H]2c3cc(Cl)cc(Cl)c3C[C@@H]2N2CCC(O)C2)c(Cl)c1. The predicted molar refractivity (Wildman–Crippen MR) is 125 cm³/mol. The van der Waals surface area contributed by atoms with Gasteiger partial charge in [-0.15, -0.1) is 10.2 Å². The minimum Gasteiger partial charge on any atom is -0.482 e. The Kier molecular flexibility index (Phi) is 5.84. The summed E-state index contributed by atoms with van der Waals surface area (Å²) < 4.78 is 8.46. The predicted octanol–water partition coefficient (Wildman–Crippen LogP) is 4.96.